The van der Waals surface area contributed by atoms with E-state index >= 15 is 0 Å². The second-order valence-electron chi connectivity index (χ2n) is 1.42. The number of nitroso groups, excluding NO2 is 1. The van der Waals surface area contributed by atoms with Gasteiger partial charge in [-0.2, -0.15) is 4.91 Å². The van der Waals surface area contributed by atoms with Gasteiger partial charge in [-0.15, -0.1) is 15.4 Å². The predicted octanol–water partition coefficient (Wildman–Crippen LogP) is -0.597. The van der Waals surface area contributed by atoms with Crippen molar-refractivity contribution in [3.63, 3.8) is 0 Å². The van der Waals surface area contributed by atoms with Crippen LogP contribution in [0, 0.1) is 10.3 Å². The normalized spacial score (nSPS) is 9.83. The van der Waals surface area contributed by atoms with Crippen molar-refractivity contribution in [3.8, 4) is 0 Å². The molecule has 0 saturated carbocycles. The molecule has 0 saturated heterocycles. The number of rotatable bonds is 2. The highest BCUT2D eigenvalue weighted by Crippen LogP contribution is 1.88. The zero-order valence-corrected chi connectivity index (χ0v) is 5.75. The molecular weight excluding hydrogens is 166 g/mol. The molecule has 5 N–H and O–H groups in total. The molecule has 10 heteroatoms. The van der Waals surface area contributed by atoms with Crippen molar-refractivity contribution >= 4 is 11.9 Å². The van der Waals surface area contributed by atoms with E-state index in [9.17, 15) is 4.91 Å². The van der Waals surface area contributed by atoms with Gasteiger partial charge < -0.3 is 11.5 Å². The second kappa shape index (κ2) is 4.46. The molecule has 0 aromatic heterocycles. The molecule has 0 spiro atoms. The van der Waals surface area contributed by atoms with E-state index in [0.717, 1.165) is 0 Å². The smallest absolute Gasteiger partial charge is 0.325 e. The minimum absolute atomic E-state index is 0.404. The summed E-state index contributed by atoms with van der Waals surface area (Å²) in [4.78, 5) is 11.8. The molecule has 0 radical (unpaired) electrons. The summed E-state index contributed by atoms with van der Waals surface area (Å²) in [6.07, 6.45) is 0. The Balaban J connectivity index is 4.73. The third-order valence-corrected chi connectivity index (χ3v) is 0.718. The van der Waals surface area contributed by atoms with Gasteiger partial charge in [0.1, 0.15) is 0 Å². The average molecular weight is 171 g/mol. The van der Waals surface area contributed by atoms with Crippen LogP contribution in [0.3, 0.4) is 0 Å². The van der Waals surface area contributed by atoms with Gasteiger partial charge in [0.15, 0.2) is 0 Å². The Morgan fingerprint density at radius 3 is 2.50 bits per heavy atom. The summed E-state index contributed by atoms with van der Waals surface area (Å²) in [5.74, 6) is -1.24. The summed E-state index contributed by atoms with van der Waals surface area (Å²) >= 11 is 0. The summed E-state index contributed by atoms with van der Waals surface area (Å²) in [5.41, 5.74) is 17.9. The lowest BCUT2D eigenvalue weighted by molar-refractivity contribution is 0.622. The number of nitrogens with two attached hydrogens (primary N) is 2. The van der Waals surface area contributed by atoms with Crippen molar-refractivity contribution in [1.82, 2.24) is 5.01 Å². The molecule has 0 rings (SSSR count). The van der Waals surface area contributed by atoms with Crippen LogP contribution in [0.25, 0.3) is 10.4 Å². The first-order chi connectivity index (χ1) is 5.63. The van der Waals surface area contributed by atoms with Gasteiger partial charge in [-0.3, -0.25) is 0 Å². The molecule has 0 bridgehead atoms. The minimum atomic E-state index is -0.669. The van der Waals surface area contributed by atoms with Crippen LogP contribution < -0.4 is 11.5 Å². The fraction of sp³-hybridized carbons (Fsp3) is 0. The molecule has 0 amide bonds. The number of azide groups is 1. The molecule has 10 nitrogen and oxygen atoms in total. The highest BCUT2D eigenvalue weighted by molar-refractivity contribution is 5.95. The first kappa shape index (κ1) is 9.65. The number of nitrogens with one attached hydrogen (secondary N) is 1. The van der Waals surface area contributed by atoms with E-state index < -0.39 is 11.9 Å². The van der Waals surface area contributed by atoms with Gasteiger partial charge in [0, 0.05) is 0 Å². The first-order valence-electron chi connectivity index (χ1n) is 2.48. The summed E-state index contributed by atoms with van der Waals surface area (Å²) in [6.45, 7) is 0. The van der Waals surface area contributed by atoms with Crippen LogP contribution in [0.2, 0.25) is 0 Å². The molecule has 0 atom stereocenters. The van der Waals surface area contributed by atoms with E-state index in [1.165, 1.54) is 0 Å². The summed E-state index contributed by atoms with van der Waals surface area (Å²) in [6, 6.07) is 0. The van der Waals surface area contributed by atoms with E-state index in [4.69, 9.17) is 22.4 Å². The van der Waals surface area contributed by atoms with Crippen molar-refractivity contribution in [1.29, 1.82) is 5.41 Å². The SMILES string of the molecule is [N-]=[N+]=NN(C(=N)N)C(N)=NN=O. The second-order valence-corrected chi connectivity index (χ2v) is 1.42. The zero-order valence-electron chi connectivity index (χ0n) is 5.75. The van der Waals surface area contributed by atoms with Gasteiger partial charge in [0.25, 0.3) is 5.96 Å². The Bertz CT molecular complexity index is 258. The highest BCUT2D eigenvalue weighted by Gasteiger charge is 2.14. The van der Waals surface area contributed by atoms with Crippen molar-refractivity contribution < 1.29 is 0 Å². The Morgan fingerprint density at radius 1 is 1.58 bits per heavy atom. The maximum atomic E-state index is 9.56. The Labute approximate surface area is 65.9 Å². The molecule has 0 fully saturated rings. The minimum Gasteiger partial charge on any atom is -0.349 e. The average Bonchev–Trinajstić information content (AvgIpc) is 1.99. The zero-order chi connectivity index (χ0) is 9.56. The largest absolute Gasteiger partial charge is 0.349 e. The van der Waals surface area contributed by atoms with E-state index in [2.05, 4.69) is 20.5 Å². The number of nitrogens with zero attached hydrogens (tertiary/aromatic N) is 6. The Hall–Kier alpha value is -2.35. The molecule has 0 aromatic carbocycles. The Morgan fingerprint density at radius 2 is 2.17 bits per heavy atom. The van der Waals surface area contributed by atoms with Gasteiger partial charge >= 0.3 is 5.96 Å². The van der Waals surface area contributed by atoms with Crippen LogP contribution in [0.4, 0.5) is 0 Å². The van der Waals surface area contributed by atoms with Crippen molar-refractivity contribution in [2.45, 2.75) is 0 Å². The van der Waals surface area contributed by atoms with Crippen LogP contribution in [-0.2, 0) is 0 Å². The van der Waals surface area contributed by atoms with Crippen LogP contribution in [0.15, 0.2) is 15.6 Å². The van der Waals surface area contributed by atoms with E-state index in [0.29, 0.717) is 5.01 Å². The molecule has 12 heavy (non-hydrogen) atoms. The molecule has 0 aliphatic carbocycles. The number of hydrogen-bond donors (Lipinski definition) is 3. The predicted molar refractivity (Wildman–Crippen MR) is 40.3 cm³/mol. The van der Waals surface area contributed by atoms with Crippen LogP contribution in [0.5, 0.6) is 0 Å². The summed E-state index contributed by atoms with van der Waals surface area (Å²) < 4.78 is 0. The molecule has 0 aliphatic heterocycles. The van der Waals surface area contributed by atoms with E-state index in [-0.39, 0.29) is 0 Å². The van der Waals surface area contributed by atoms with Gasteiger partial charge in [-0.05, 0) is 10.3 Å². The molecule has 0 unspecified atom stereocenters. The van der Waals surface area contributed by atoms with Gasteiger partial charge in [0.05, 0.1) is 5.29 Å². The van der Waals surface area contributed by atoms with Gasteiger partial charge in [-0.1, -0.05) is 0 Å². The van der Waals surface area contributed by atoms with Gasteiger partial charge in [-0.25, -0.2) is 5.41 Å². The molecule has 0 aromatic rings. The van der Waals surface area contributed by atoms with Crippen LogP contribution in [-0.4, -0.2) is 16.9 Å². The topological polar surface area (TPSA) is 170 Å². The van der Waals surface area contributed by atoms with Crippen molar-refractivity contribution in [2.24, 2.45) is 27.1 Å². The molecule has 0 heterocycles. The standard InChI is InChI=1S/C2H5N9O/c3-1(4)11(9-8-6)2(5)7-10-12/h(H3,3,4)(H2,5,7,12). The number of hydrogen-bond acceptors (Lipinski definition) is 4. The fourth-order valence-corrected chi connectivity index (χ4v) is 0.342. The lowest BCUT2D eigenvalue weighted by atomic mass is 10.8. The highest BCUT2D eigenvalue weighted by atomic mass is 16.3. The first-order valence-corrected chi connectivity index (χ1v) is 2.48. The molecular formula is C2H5N9O. The quantitative estimate of drug-likeness (QED) is 0.0958. The van der Waals surface area contributed by atoms with E-state index in [1.54, 1.807) is 0 Å². The number of guanidine groups is 2. The Kier molecular flexibility index (Phi) is 3.59. The molecule has 0 aliphatic rings. The third kappa shape index (κ3) is 2.49. The summed E-state index contributed by atoms with van der Waals surface area (Å²) in [5, 5.41) is 14.9. The van der Waals surface area contributed by atoms with Crippen LogP contribution >= 0.6 is 0 Å². The molecule has 64 valence electrons. The van der Waals surface area contributed by atoms with Crippen molar-refractivity contribution in [3.05, 3.63) is 15.3 Å². The third-order valence-electron chi connectivity index (χ3n) is 0.718. The van der Waals surface area contributed by atoms with Crippen LogP contribution in [0.1, 0.15) is 0 Å². The van der Waals surface area contributed by atoms with E-state index in [1.807, 2.05) is 0 Å². The summed E-state index contributed by atoms with van der Waals surface area (Å²) in [7, 11) is 0. The van der Waals surface area contributed by atoms with Gasteiger partial charge in [0.2, 0.25) is 0 Å². The van der Waals surface area contributed by atoms with Crippen molar-refractivity contribution in [2.75, 3.05) is 0 Å². The lowest BCUT2D eigenvalue weighted by Gasteiger charge is -2.05. The fourth-order valence-electron chi connectivity index (χ4n) is 0.342. The maximum Gasteiger partial charge on any atom is 0.325 e. The monoisotopic (exact) mass is 171 g/mol. The lowest BCUT2D eigenvalue weighted by Crippen LogP contribution is -2.41. The maximum absolute atomic E-state index is 9.56.